The zero-order chi connectivity index (χ0) is 9.76. The van der Waals surface area contributed by atoms with E-state index in [0.29, 0.717) is 10.8 Å². The minimum atomic E-state index is 0.368. The van der Waals surface area contributed by atoms with Gasteiger partial charge in [0.25, 0.3) is 0 Å². The number of thioether (sulfide) groups is 1. The number of hydrogen-bond acceptors (Lipinski definition) is 2. The van der Waals surface area contributed by atoms with Crippen LogP contribution >= 0.6 is 11.8 Å². The van der Waals surface area contributed by atoms with Gasteiger partial charge in [0.1, 0.15) is 0 Å². The monoisotopic (exact) mass is 204 g/mol. The normalized spacial score (nSPS) is 34.4. The number of likely N-dealkylation sites (N-methyl/N-ethyl adjacent to an activating group) is 1. The first kappa shape index (κ1) is 8.66. The fourth-order valence-electron chi connectivity index (χ4n) is 2.81. The topological polar surface area (TPSA) is 3.24 Å². The van der Waals surface area contributed by atoms with Crippen molar-refractivity contribution in [1.82, 2.24) is 0 Å². The summed E-state index contributed by atoms with van der Waals surface area (Å²) >= 11 is 2.09. The molecule has 2 aliphatic rings. The third-order valence-electron chi connectivity index (χ3n) is 3.63. The van der Waals surface area contributed by atoms with Crippen molar-refractivity contribution >= 4 is 17.4 Å². The summed E-state index contributed by atoms with van der Waals surface area (Å²) in [6.45, 7) is 2.40. The van der Waals surface area contributed by atoms with Gasteiger partial charge in [-0.2, -0.15) is 0 Å². The summed E-state index contributed by atoms with van der Waals surface area (Å²) in [6, 6.07) is 9.61. The van der Waals surface area contributed by atoms with Gasteiger partial charge in [0.05, 0.1) is 5.37 Å². The molecule has 2 atom stereocenters. The van der Waals surface area contributed by atoms with Gasteiger partial charge in [-0.25, -0.2) is 0 Å². The van der Waals surface area contributed by atoms with Crippen molar-refractivity contribution in [3.63, 3.8) is 0 Å². The summed E-state index contributed by atoms with van der Waals surface area (Å²) < 4.78 is 0. The van der Waals surface area contributed by atoms with Gasteiger partial charge < -0.3 is 4.90 Å². The van der Waals surface area contributed by atoms with Crippen LogP contribution in [0.25, 0.3) is 0 Å². The van der Waals surface area contributed by atoms with Crippen molar-refractivity contribution in [2.24, 2.45) is 0 Å². The second kappa shape index (κ2) is 2.69. The molecule has 1 saturated heterocycles. The predicted octanol–water partition coefficient (Wildman–Crippen LogP) is 2.66. The molecule has 2 heteroatoms. The average Bonchev–Trinajstić information content (AvgIpc) is 2.67. The Kier molecular flexibility index (Phi) is 1.67. The Labute approximate surface area is 89.5 Å². The highest BCUT2D eigenvalue weighted by molar-refractivity contribution is 8.00. The molecule has 0 N–H and O–H groups in total. The van der Waals surface area contributed by atoms with E-state index in [0.717, 1.165) is 0 Å². The number of fused-ring (bicyclic) bond motifs is 3. The molecule has 1 fully saturated rings. The van der Waals surface area contributed by atoms with E-state index < -0.39 is 0 Å². The minimum Gasteiger partial charge on any atom is -0.361 e. The fourth-order valence-corrected chi connectivity index (χ4v) is 4.53. The molecule has 0 aromatic heterocycles. The van der Waals surface area contributed by atoms with Crippen molar-refractivity contribution in [2.45, 2.75) is 24.1 Å². The first-order chi connectivity index (χ1) is 6.73. The molecular formula is C12H14NS. The zero-order valence-corrected chi connectivity index (χ0v) is 9.40. The molecule has 2 unspecified atom stereocenters. The summed E-state index contributed by atoms with van der Waals surface area (Å²) in [6.07, 6.45) is 1.30. The molecule has 73 valence electrons. The summed E-state index contributed by atoms with van der Waals surface area (Å²) in [5, 5.41) is 0.647. The molecule has 0 spiro atoms. The fraction of sp³-hybridized carbons (Fsp3) is 0.500. The molecule has 0 amide bonds. The molecule has 1 aromatic rings. The Morgan fingerprint density at radius 2 is 2.50 bits per heavy atom. The van der Waals surface area contributed by atoms with E-state index in [1.807, 2.05) is 6.07 Å². The van der Waals surface area contributed by atoms with Gasteiger partial charge in [0.15, 0.2) is 0 Å². The first-order valence-corrected chi connectivity index (χ1v) is 6.13. The minimum absolute atomic E-state index is 0.368. The van der Waals surface area contributed by atoms with Crippen LogP contribution in [0.3, 0.4) is 0 Å². The second-order valence-electron chi connectivity index (χ2n) is 4.44. The Morgan fingerprint density at radius 1 is 1.64 bits per heavy atom. The lowest BCUT2D eigenvalue weighted by molar-refractivity contribution is 0.487. The van der Waals surface area contributed by atoms with Gasteiger partial charge in [-0.15, -0.1) is 11.8 Å². The van der Waals surface area contributed by atoms with Crippen molar-refractivity contribution in [2.75, 3.05) is 17.7 Å². The molecule has 2 aliphatic heterocycles. The van der Waals surface area contributed by atoms with E-state index in [2.05, 4.69) is 48.8 Å². The highest BCUT2D eigenvalue weighted by Crippen LogP contribution is 2.54. The molecule has 0 saturated carbocycles. The number of anilines is 1. The van der Waals surface area contributed by atoms with Gasteiger partial charge in [-0.05, 0) is 35.9 Å². The smallest absolute Gasteiger partial charge is 0.0842 e. The number of benzene rings is 1. The van der Waals surface area contributed by atoms with Gasteiger partial charge in [0, 0.05) is 18.2 Å². The van der Waals surface area contributed by atoms with Crippen molar-refractivity contribution < 1.29 is 0 Å². The second-order valence-corrected chi connectivity index (χ2v) is 5.63. The maximum Gasteiger partial charge on any atom is 0.0842 e. The lowest BCUT2D eigenvalue weighted by Crippen LogP contribution is -2.34. The Bertz CT molecular complexity index is 376. The standard InChI is InChI=1S/C12H14NS/c1-12-7-8-14-11(12)13(2)10-6-4-3-5-9(10)12/h4-6,11H,7-8H2,1-2H3. The van der Waals surface area contributed by atoms with E-state index in [1.165, 1.54) is 23.4 Å². The van der Waals surface area contributed by atoms with Crippen LogP contribution in [0.2, 0.25) is 0 Å². The molecule has 1 radical (unpaired) electrons. The first-order valence-electron chi connectivity index (χ1n) is 5.08. The van der Waals surface area contributed by atoms with Gasteiger partial charge >= 0.3 is 0 Å². The number of hydrogen-bond donors (Lipinski definition) is 0. The third-order valence-corrected chi connectivity index (χ3v) is 5.22. The molecule has 14 heavy (non-hydrogen) atoms. The molecule has 2 heterocycles. The lowest BCUT2D eigenvalue weighted by atomic mass is 9.82. The molecule has 3 rings (SSSR count). The van der Waals surface area contributed by atoms with Gasteiger partial charge in [-0.3, -0.25) is 0 Å². The Hall–Kier alpha value is -0.630. The van der Waals surface area contributed by atoms with Crippen LogP contribution in [0, 0.1) is 6.07 Å². The van der Waals surface area contributed by atoms with Crippen LogP contribution in [0.5, 0.6) is 0 Å². The summed E-state index contributed by atoms with van der Waals surface area (Å²) in [5.74, 6) is 1.29. The molecular weight excluding hydrogens is 190 g/mol. The molecule has 1 aromatic carbocycles. The van der Waals surface area contributed by atoms with Crippen LogP contribution in [-0.4, -0.2) is 18.2 Å². The molecule has 0 bridgehead atoms. The average molecular weight is 204 g/mol. The quantitative estimate of drug-likeness (QED) is 0.639. The number of nitrogens with zero attached hydrogens (tertiary/aromatic N) is 1. The number of rotatable bonds is 0. The predicted molar refractivity (Wildman–Crippen MR) is 61.9 cm³/mol. The zero-order valence-electron chi connectivity index (χ0n) is 8.58. The Morgan fingerprint density at radius 3 is 3.36 bits per heavy atom. The van der Waals surface area contributed by atoms with Crippen LogP contribution in [0.1, 0.15) is 18.9 Å². The van der Waals surface area contributed by atoms with Crippen molar-refractivity contribution in [3.8, 4) is 0 Å². The largest absolute Gasteiger partial charge is 0.361 e. The molecule has 0 aliphatic carbocycles. The van der Waals surface area contributed by atoms with Gasteiger partial charge in [-0.1, -0.05) is 13.0 Å². The van der Waals surface area contributed by atoms with Crippen LogP contribution in [-0.2, 0) is 5.41 Å². The molecule has 1 nitrogen and oxygen atoms in total. The van der Waals surface area contributed by atoms with E-state index in [1.54, 1.807) is 0 Å². The Balaban J connectivity index is 2.21. The van der Waals surface area contributed by atoms with E-state index in [4.69, 9.17) is 0 Å². The van der Waals surface area contributed by atoms with Crippen molar-refractivity contribution in [3.05, 3.63) is 29.8 Å². The maximum absolute atomic E-state index is 3.22. The summed E-state index contributed by atoms with van der Waals surface area (Å²) in [5.41, 5.74) is 3.27. The lowest BCUT2D eigenvalue weighted by Gasteiger charge is -2.27. The summed E-state index contributed by atoms with van der Waals surface area (Å²) in [4.78, 5) is 2.43. The van der Waals surface area contributed by atoms with E-state index in [9.17, 15) is 0 Å². The van der Waals surface area contributed by atoms with Crippen LogP contribution in [0.4, 0.5) is 5.69 Å². The van der Waals surface area contributed by atoms with Crippen LogP contribution in [0.15, 0.2) is 18.2 Å². The van der Waals surface area contributed by atoms with Crippen molar-refractivity contribution in [1.29, 1.82) is 0 Å². The van der Waals surface area contributed by atoms with E-state index in [-0.39, 0.29) is 0 Å². The SMILES string of the molecule is CN1c2cc[c]cc2C2(C)CCSC12. The van der Waals surface area contributed by atoms with Gasteiger partial charge in [0.2, 0.25) is 0 Å². The van der Waals surface area contributed by atoms with E-state index >= 15 is 0 Å². The van der Waals surface area contributed by atoms with Crippen LogP contribution < -0.4 is 4.90 Å². The third kappa shape index (κ3) is 0.876. The summed E-state index contributed by atoms with van der Waals surface area (Å²) in [7, 11) is 2.22. The highest BCUT2D eigenvalue weighted by Gasteiger charge is 2.49. The maximum atomic E-state index is 3.22. The highest BCUT2D eigenvalue weighted by atomic mass is 32.2.